The SMILES string of the molecule is CNc1cc(C2CC(NC(=O)Cc3c(C)noc3C)C2)nc(COC)n1. The van der Waals surface area contributed by atoms with E-state index in [4.69, 9.17) is 9.26 Å². The van der Waals surface area contributed by atoms with E-state index in [1.807, 2.05) is 27.0 Å². The van der Waals surface area contributed by atoms with Gasteiger partial charge in [-0.1, -0.05) is 5.16 Å². The van der Waals surface area contributed by atoms with Gasteiger partial charge < -0.3 is 19.9 Å². The highest BCUT2D eigenvalue weighted by Gasteiger charge is 2.33. The molecule has 0 unspecified atom stereocenters. The third-order valence-electron chi connectivity index (χ3n) is 4.76. The van der Waals surface area contributed by atoms with Crippen molar-refractivity contribution in [2.75, 3.05) is 19.5 Å². The van der Waals surface area contributed by atoms with Crippen molar-refractivity contribution in [3.05, 3.63) is 34.6 Å². The van der Waals surface area contributed by atoms with Crippen molar-refractivity contribution in [1.29, 1.82) is 0 Å². The zero-order valence-electron chi connectivity index (χ0n) is 15.6. The van der Waals surface area contributed by atoms with Crippen molar-refractivity contribution in [2.24, 2.45) is 0 Å². The average molecular weight is 359 g/mol. The molecule has 0 aliphatic heterocycles. The number of carbonyl (C=O) groups excluding carboxylic acids is 1. The van der Waals surface area contributed by atoms with Crippen molar-refractivity contribution in [1.82, 2.24) is 20.4 Å². The smallest absolute Gasteiger partial charge is 0.224 e. The molecule has 0 aromatic carbocycles. The molecule has 1 fully saturated rings. The van der Waals surface area contributed by atoms with Gasteiger partial charge in [-0.25, -0.2) is 9.97 Å². The van der Waals surface area contributed by atoms with Crippen LogP contribution in [0.1, 0.15) is 47.3 Å². The van der Waals surface area contributed by atoms with Crippen LogP contribution in [0.2, 0.25) is 0 Å². The van der Waals surface area contributed by atoms with Crippen LogP contribution in [0.5, 0.6) is 0 Å². The number of carbonyl (C=O) groups is 1. The van der Waals surface area contributed by atoms with Gasteiger partial charge in [-0.3, -0.25) is 4.79 Å². The van der Waals surface area contributed by atoms with E-state index in [9.17, 15) is 4.79 Å². The van der Waals surface area contributed by atoms with Gasteiger partial charge in [0.2, 0.25) is 5.91 Å². The molecule has 2 heterocycles. The molecule has 2 N–H and O–H groups in total. The molecule has 0 radical (unpaired) electrons. The molecule has 0 atom stereocenters. The number of ether oxygens (including phenoxy) is 1. The van der Waals surface area contributed by atoms with Crippen molar-refractivity contribution >= 4 is 11.7 Å². The van der Waals surface area contributed by atoms with E-state index in [1.54, 1.807) is 7.11 Å². The van der Waals surface area contributed by atoms with E-state index in [-0.39, 0.29) is 11.9 Å². The average Bonchev–Trinajstić information content (AvgIpc) is 2.89. The zero-order valence-corrected chi connectivity index (χ0v) is 15.6. The fourth-order valence-electron chi connectivity index (χ4n) is 3.22. The third-order valence-corrected chi connectivity index (χ3v) is 4.76. The largest absolute Gasteiger partial charge is 0.377 e. The molecule has 1 amide bonds. The van der Waals surface area contributed by atoms with Gasteiger partial charge in [-0.15, -0.1) is 0 Å². The quantitative estimate of drug-likeness (QED) is 0.778. The Morgan fingerprint density at radius 1 is 1.35 bits per heavy atom. The Balaban J connectivity index is 1.55. The maximum absolute atomic E-state index is 12.3. The molecule has 0 bridgehead atoms. The van der Waals surface area contributed by atoms with Crippen molar-refractivity contribution in [3.8, 4) is 0 Å². The molecule has 2 aromatic heterocycles. The van der Waals surface area contributed by atoms with E-state index in [1.165, 1.54) is 0 Å². The molecule has 1 aliphatic carbocycles. The van der Waals surface area contributed by atoms with Crippen LogP contribution < -0.4 is 10.6 Å². The second kappa shape index (κ2) is 7.82. The van der Waals surface area contributed by atoms with E-state index >= 15 is 0 Å². The lowest BCUT2D eigenvalue weighted by Crippen LogP contribution is -2.44. The van der Waals surface area contributed by atoms with E-state index in [0.717, 1.165) is 35.6 Å². The molecule has 26 heavy (non-hydrogen) atoms. The molecular formula is C18H25N5O3. The Bertz CT molecular complexity index is 764. The molecule has 8 heteroatoms. The number of amides is 1. The fraction of sp³-hybridized carbons (Fsp3) is 0.556. The van der Waals surface area contributed by atoms with Crippen LogP contribution in [-0.4, -0.2) is 41.2 Å². The summed E-state index contributed by atoms with van der Waals surface area (Å²) < 4.78 is 10.2. The highest BCUT2D eigenvalue weighted by molar-refractivity contribution is 5.79. The number of nitrogens with one attached hydrogen (secondary N) is 2. The maximum Gasteiger partial charge on any atom is 0.224 e. The normalized spacial score (nSPS) is 19.1. The Kier molecular flexibility index (Phi) is 5.51. The van der Waals surface area contributed by atoms with Crippen LogP contribution >= 0.6 is 0 Å². The predicted octanol–water partition coefficient (Wildman–Crippen LogP) is 1.87. The van der Waals surface area contributed by atoms with Crippen molar-refractivity contribution < 1.29 is 14.1 Å². The summed E-state index contributed by atoms with van der Waals surface area (Å²) in [6.07, 6.45) is 2.05. The van der Waals surface area contributed by atoms with Gasteiger partial charge in [0.05, 0.1) is 12.1 Å². The molecule has 2 aromatic rings. The Morgan fingerprint density at radius 2 is 2.12 bits per heavy atom. The number of nitrogens with zero attached hydrogens (tertiary/aromatic N) is 3. The van der Waals surface area contributed by atoms with Crippen LogP contribution in [0.25, 0.3) is 0 Å². The number of rotatable bonds is 7. The number of anilines is 1. The minimum absolute atomic E-state index is 0.00141. The Labute approximate surface area is 152 Å². The van der Waals surface area contributed by atoms with Gasteiger partial charge in [0, 0.05) is 43.4 Å². The number of hydrogen-bond donors (Lipinski definition) is 2. The summed E-state index contributed by atoms with van der Waals surface area (Å²) in [7, 11) is 3.46. The zero-order chi connectivity index (χ0) is 18.7. The minimum atomic E-state index is 0.00141. The highest BCUT2D eigenvalue weighted by atomic mass is 16.5. The van der Waals surface area contributed by atoms with Crippen LogP contribution in [-0.2, 0) is 22.6 Å². The minimum Gasteiger partial charge on any atom is -0.377 e. The third kappa shape index (κ3) is 4.01. The van der Waals surface area contributed by atoms with Gasteiger partial charge in [0.15, 0.2) is 5.82 Å². The number of aromatic nitrogens is 3. The van der Waals surface area contributed by atoms with E-state index < -0.39 is 0 Å². The monoisotopic (exact) mass is 359 g/mol. The highest BCUT2D eigenvalue weighted by Crippen LogP contribution is 2.36. The molecule has 3 rings (SSSR count). The lowest BCUT2D eigenvalue weighted by Gasteiger charge is -2.35. The molecule has 140 valence electrons. The first-order valence-corrected chi connectivity index (χ1v) is 8.75. The summed E-state index contributed by atoms with van der Waals surface area (Å²) in [4.78, 5) is 21.2. The summed E-state index contributed by atoms with van der Waals surface area (Å²) in [5.74, 6) is 2.48. The van der Waals surface area contributed by atoms with Crippen molar-refractivity contribution in [2.45, 2.75) is 51.7 Å². The predicted molar refractivity (Wildman–Crippen MR) is 95.9 cm³/mol. The van der Waals surface area contributed by atoms with Gasteiger partial charge >= 0.3 is 0 Å². The molecular weight excluding hydrogens is 334 g/mol. The van der Waals surface area contributed by atoms with Crippen LogP contribution in [0.3, 0.4) is 0 Å². The fourth-order valence-corrected chi connectivity index (χ4v) is 3.22. The second-order valence-electron chi connectivity index (χ2n) is 6.69. The number of aryl methyl sites for hydroxylation is 2. The van der Waals surface area contributed by atoms with E-state index in [2.05, 4.69) is 25.8 Å². The van der Waals surface area contributed by atoms with Gasteiger partial charge in [0.1, 0.15) is 18.2 Å². The number of hydrogen-bond acceptors (Lipinski definition) is 7. The topological polar surface area (TPSA) is 102 Å². The van der Waals surface area contributed by atoms with Gasteiger partial charge in [-0.05, 0) is 26.7 Å². The molecule has 0 saturated heterocycles. The van der Waals surface area contributed by atoms with Crippen LogP contribution in [0, 0.1) is 13.8 Å². The van der Waals surface area contributed by atoms with Crippen LogP contribution in [0.4, 0.5) is 5.82 Å². The first kappa shape index (κ1) is 18.3. The summed E-state index contributed by atoms with van der Waals surface area (Å²) in [5, 5.41) is 10.0. The summed E-state index contributed by atoms with van der Waals surface area (Å²) >= 11 is 0. The Hall–Kier alpha value is -2.48. The van der Waals surface area contributed by atoms with Crippen LogP contribution in [0.15, 0.2) is 10.6 Å². The lowest BCUT2D eigenvalue weighted by atomic mass is 9.78. The molecule has 0 spiro atoms. The molecule has 8 nitrogen and oxygen atoms in total. The van der Waals surface area contributed by atoms with Gasteiger partial charge in [-0.2, -0.15) is 0 Å². The summed E-state index contributed by atoms with van der Waals surface area (Å²) in [6, 6.07) is 2.14. The maximum atomic E-state index is 12.3. The molecule has 1 aliphatic rings. The molecule has 1 saturated carbocycles. The van der Waals surface area contributed by atoms with E-state index in [0.29, 0.717) is 30.5 Å². The lowest BCUT2D eigenvalue weighted by molar-refractivity contribution is -0.121. The Morgan fingerprint density at radius 3 is 2.73 bits per heavy atom. The number of methoxy groups -OCH3 is 1. The second-order valence-corrected chi connectivity index (χ2v) is 6.69. The standard InChI is InChI=1S/C18H25N5O3/c1-10-14(11(2)26-23-10)7-18(24)20-13-5-12(6-13)15-8-16(19-3)22-17(21-15)9-25-4/h8,12-13H,5-7,9H2,1-4H3,(H,20,24)(H,19,21,22). The first-order chi connectivity index (χ1) is 12.5. The summed E-state index contributed by atoms with van der Waals surface area (Å²) in [5.41, 5.74) is 2.64. The van der Waals surface area contributed by atoms with Gasteiger partial charge in [0.25, 0.3) is 0 Å². The van der Waals surface area contributed by atoms with Crippen molar-refractivity contribution in [3.63, 3.8) is 0 Å². The first-order valence-electron chi connectivity index (χ1n) is 8.75. The summed E-state index contributed by atoms with van der Waals surface area (Å²) in [6.45, 7) is 4.06.